The number of carbonyl (C=O) groups is 1. The number of nitrogens with zero attached hydrogens (tertiary/aromatic N) is 1. The topological polar surface area (TPSA) is 52.6 Å². The maximum absolute atomic E-state index is 10.6. The van der Waals surface area contributed by atoms with Gasteiger partial charge < -0.3 is 10.4 Å². The highest BCUT2D eigenvalue weighted by molar-refractivity contribution is 5.73. The molecule has 2 N–H and O–H groups in total. The number of terminal acetylenes is 1. The van der Waals surface area contributed by atoms with Gasteiger partial charge in [0.25, 0.3) is 0 Å². The van der Waals surface area contributed by atoms with Crippen LogP contribution in [0.1, 0.15) is 11.1 Å². The molecule has 1 aromatic rings. The maximum atomic E-state index is 10.6. The molecule has 0 saturated carbocycles. The summed E-state index contributed by atoms with van der Waals surface area (Å²) >= 11 is 0. The molecule has 0 amide bonds. The van der Waals surface area contributed by atoms with Crippen molar-refractivity contribution in [2.24, 2.45) is 0 Å². The van der Waals surface area contributed by atoms with E-state index in [1.54, 1.807) is 0 Å². The molecular weight excluding hydrogens is 228 g/mol. The van der Waals surface area contributed by atoms with E-state index in [1.807, 2.05) is 12.1 Å². The lowest BCUT2D eigenvalue weighted by Crippen LogP contribution is -2.31. The second-order valence-electron chi connectivity index (χ2n) is 4.36. The molecule has 0 atom stereocenters. The first-order valence-corrected chi connectivity index (χ1v) is 5.93. The van der Waals surface area contributed by atoms with Crippen molar-refractivity contribution in [3.63, 3.8) is 0 Å². The van der Waals surface area contributed by atoms with Crippen LogP contribution >= 0.6 is 0 Å². The minimum absolute atomic E-state index is 0.0511. The number of aliphatic carboxylic acids is 1. The summed E-state index contributed by atoms with van der Waals surface area (Å²) in [6.07, 6.45) is 6.22. The lowest BCUT2D eigenvalue weighted by molar-refractivity contribution is -0.134. The number of anilines is 1. The van der Waals surface area contributed by atoms with Crippen LogP contribution in [0, 0.1) is 12.3 Å². The highest BCUT2D eigenvalue weighted by Crippen LogP contribution is 2.25. The molecule has 0 fully saturated rings. The summed E-state index contributed by atoms with van der Waals surface area (Å²) in [6.45, 7) is 2.36. The number of rotatable bonds is 4. The minimum Gasteiger partial charge on any atom is -0.480 e. The van der Waals surface area contributed by atoms with Gasteiger partial charge in [0.15, 0.2) is 0 Å². The lowest BCUT2D eigenvalue weighted by Gasteiger charge is -2.28. The van der Waals surface area contributed by atoms with Crippen LogP contribution < -0.4 is 5.32 Å². The van der Waals surface area contributed by atoms with Gasteiger partial charge in [0, 0.05) is 18.8 Å². The second kappa shape index (κ2) is 5.56. The Morgan fingerprint density at radius 2 is 2.39 bits per heavy atom. The maximum Gasteiger partial charge on any atom is 0.322 e. The van der Waals surface area contributed by atoms with E-state index in [0.29, 0.717) is 6.54 Å². The van der Waals surface area contributed by atoms with Crippen LogP contribution in [0.3, 0.4) is 0 Å². The van der Waals surface area contributed by atoms with Crippen LogP contribution in [0.5, 0.6) is 0 Å². The zero-order valence-corrected chi connectivity index (χ0v) is 10.1. The van der Waals surface area contributed by atoms with Crippen LogP contribution in [-0.4, -0.2) is 35.6 Å². The SMILES string of the molecule is C#CCN1CCc2c(cccc2NCC(=O)O)C1. The summed E-state index contributed by atoms with van der Waals surface area (Å²) in [4.78, 5) is 12.8. The molecule has 18 heavy (non-hydrogen) atoms. The predicted octanol–water partition coefficient (Wildman–Crippen LogP) is 1.17. The van der Waals surface area contributed by atoms with E-state index in [1.165, 1.54) is 11.1 Å². The van der Waals surface area contributed by atoms with Crippen molar-refractivity contribution in [2.45, 2.75) is 13.0 Å². The average molecular weight is 244 g/mol. The first kappa shape index (κ1) is 12.5. The summed E-state index contributed by atoms with van der Waals surface area (Å²) in [5.74, 6) is 1.81. The third-order valence-corrected chi connectivity index (χ3v) is 3.09. The molecule has 4 heteroatoms. The van der Waals surface area contributed by atoms with Gasteiger partial charge in [-0.3, -0.25) is 9.69 Å². The average Bonchev–Trinajstić information content (AvgIpc) is 2.36. The number of carboxylic acids is 1. The minimum atomic E-state index is -0.850. The molecule has 2 rings (SSSR count). The Labute approximate surface area is 107 Å². The summed E-state index contributed by atoms with van der Waals surface area (Å²) in [5.41, 5.74) is 3.37. The van der Waals surface area contributed by atoms with Gasteiger partial charge in [-0.25, -0.2) is 0 Å². The number of fused-ring (bicyclic) bond motifs is 1. The number of benzene rings is 1. The van der Waals surface area contributed by atoms with Crippen LogP contribution in [0.4, 0.5) is 5.69 Å². The molecule has 1 aliphatic rings. The zero-order valence-electron chi connectivity index (χ0n) is 10.1. The molecule has 1 aromatic carbocycles. The van der Waals surface area contributed by atoms with Crippen molar-refractivity contribution in [3.8, 4) is 12.3 Å². The first-order valence-electron chi connectivity index (χ1n) is 5.93. The molecule has 0 aliphatic carbocycles. The molecule has 4 nitrogen and oxygen atoms in total. The molecule has 94 valence electrons. The van der Waals surface area contributed by atoms with Gasteiger partial charge in [0.2, 0.25) is 0 Å². The Hall–Kier alpha value is -1.99. The van der Waals surface area contributed by atoms with Gasteiger partial charge in [-0.2, -0.15) is 0 Å². The Balaban J connectivity index is 2.14. The van der Waals surface area contributed by atoms with Gasteiger partial charge in [0.05, 0.1) is 6.54 Å². The molecule has 0 saturated heterocycles. The fraction of sp³-hybridized carbons (Fsp3) is 0.357. The van der Waals surface area contributed by atoms with Crippen molar-refractivity contribution in [1.29, 1.82) is 0 Å². The van der Waals surface area contributed by atoms with E-state index in [9.17, 15) is 4.79 Å². The predicted molar refractivity (Wildman–Crippen MR) is 70.4 cm³/mol. The van der Waals surface area contributed by atoms with Crippen LogP contribution in [0.25, 0.3) is 0 Å². The molecule has 1 aliphatic heterocycles. The zero-order chi connectivity index (χ0) is 13.0. The smallest absolute Gasteiger partial charge is 0.322 e. The molecule has 0 spiro atoms. The first-order chi connectivity index (χ1) is 8.70. The van der Waals surface area contributed by atoms with Gasteiger partial charge in [-0.05, 0) is 23.6 Å². The van der Waals surface area contributed by atoms with Crippen molar-refractivity contribution in [3.05, 3.63) is 29.3 Å². The Morgan fingerprint density at radius 3 is 3.11 bits per heavy atom. The molecule has 1 heterocycles. The van der Waals surface area contributed by atoms with Crippen molar-refractivity contribution in [2.75, 3.05) is 25.0 Å². The highest BCUT2D eigenvalue weighted by atomic mass is 16.4. The quantitative estimate of drug-likeness (QED) is 0.781. The molecule has 0 unspecified atom stereocenters. The fourth-order valence-electron chi connectivity index (χ4n) is 2.27. The van der Waals surface area contributed by atoms with Crippen molar-refractivity contribution < 1.29 is 9.90 Å². The van der Waals surface area contributed by atoms with E-state index in [4.69, 9.17) is 11.5 Å². The number of nitrogens with one attached hydrogen (secondary N) is 1. The van der Waals surface area contributed by atoms with E-state index in [-0.39, 0.29) is 6.54 Å². The highest BCUT2D eigenvalue weighted by Gasteiger charge is 2.17. The van der Waals surface area contributed by atoms with Crippen LogP contribution in [0.2, 0.25) is 0 Å². The number of hydrogen-bond acceptors (Lipinski definition) is 3. The van der Waals surface area contributed by atoms with Crippen molar-refractivity contribution >= 4 is 11.7 Å². The number of carboxylic acid groups (broad SMARTS) is 1. The summed E-state index contributed by atoms with van der Waals surface area (Å²) in [5, 5.41) is 11.7. The van der Waals surface area contributed by atoms with Gasteiger partial charge in [-0.1, -0.05) is 18.1 Å². The number of hydrogen-bond donors (Lipinski definition) is 2. The lowest BCUT2D eigenvalue weighted by atomic mass is 9.97. The summed E-state index contributed by atoms with van der Waals surface area (Å²) in [6, 6.07) is 5.95. The van der Waals surface area contributed by atoms with Crippen LogP contribution in [-0.2, 0) is 17.8 Å². The van der Waals surface area contributed by atoms with E-state index >= 15 is 0 Å². The molecule has 0 radical (unpaired) electrons. The van der Waals surface area contributed by atoms with Gasteiger partial charge >= 0.3 is 5.97 Å². The monoisotopic (exact) mass is 244 g/mol. The molecular formula is C14H16N2O2. The van der Waals surface area contributed by atoms with Crippen LogP contribution in [0.15, 0.2) is 18.2 Å². The fourth-order valence-corrected chi connectivity index (χ4v) is 2.27. The van der Waals surface area contributed by atoms with Gasteiger partial charge in [0.1, 0.15) is 6.54 Å². The molecule has 0 bridgehead atoms. The Bertz CT molecular complexity index is 491. The Morgan fingerprint density at radius 1 is 1.56 bits per heavy atom. The summed E-state index contributed by atoms with van der Waals surface area (Å²) in [7, 11) is 0. The largest absolute Gasteiger partial charge is 0.480 e. The third-order valence-electron chi connectivity index (χ3n) is 3.09. The Kier molecular flexibility index (Phi) is 3.85. The third kappa shape index (κ3) is 2.82. The van der Waals surface area contributed by atoms with Gasteiger partial charge in [-0.15, -0.1) is 6.42 Å². The standard InChI is InChI=1S/C14H16N2O2/c1-2-7-16-8-6-12-11(10-16)4-3-5-13(12)15-9-14(17)18/h1,3-5,15H,6-10H2,(H,17,18). The van der Waals surface area contributed by atoms with Crippen molar-refractivity contribution in [1.82, 2.24) is 4.90 Å². The second-order valence-corrected chi connectivity index (χ2v) is 4.36. The summed E-state index contributed by atoms with van der Waals surface area (Å²) < 4.78 is 0. The molecule has 0 aromatic heterocycles. The van der Waals surface area contributed by atoms with E-state index in [2.05, 4.69) is 22.2 Å². The normalized spacial score (nSPS) is 14.6. The van der Waals surface area contributed by atoms with E-state index in [0.717, 1.165) is 25.2 Å². The van der Waals surface area contributed by atoms with E-state index < -0.39 is 5.97 Å².